The van der Waals surface area contributed by atoms with Crippen molar-refractivity contribution in [2.24, 2.45) is 0 Å². The number of carbonyl (C=O) groups excluding carboxylic acids is 1. The van der Waals surface area contributed by atoms with Crippen LogP contribution in [0.4, 0.5) is 5.69 Å². The quantitative estimate of drug-likeness (QED) is 0.816. The first-order valence-corrected chi connectivity index (χ1v) is 6.22. The van der Waals surface area contributed by atoms with Crippen molar-refractivity contribution in [3.05, 3.63) is 65.2 Å². The van der Waals surface area contributed by atoms with Gasteiger partial charge in [0.25, 0.3) is 5.91 Å². The van der Waals surface area contributed by atoms with E-state index in [0.29, 0.717) is 17.1 Å². The summed E-state index contributed by atoms with van der Waals surface area (Å²) in [6.07, 6.45) is 0. The van der Waals surface area contributed by atoms with Crippen LogP contribution in [0.5, 0.6) is 0 Å². The first-order chi connectivity index (χ1) is 8.72. The Bertz CT molecular complexity index is 522. The van der Waals surface area contributed by atoms with Crippen molar-refractivity contribution >= 4 is 23.2 Å². The largest absolute Gasteiger partial charge is 0.309 e. The molecular formula is C15H14ClNO. The molecule has 0 saturated carbocycles. The standard InChI is InChI=1S/C15H14ClNO/c1-2-17(14-6-4-3-5-7-14)15(18)12-8-10-13(16)11-9-12/h3-11H,2H2,1H3. The van der Waals surface area contributed by atoms with Crippen LogP contribution in [0.15, 0.2) is 54.6 Å². The van der Waals surface area contributed by atoms with Crippen LogP contribution in [0.3, 0.4) is 0 Å². The van der Waals surface area contributed by atoms with E-state index < -0.39 is 0 Å². The number of amides is 1. The zero-order valence-electron chi connectivity index (χ0n) is 10.1. The third kappa shape index (κ3) is 2.71. The highest BCUT2D eigenvalue weighted by Gasteiger charge is 2.15. The molecule has 3 heteroatoms. The second-order valence-corrected chi connectivity index (χ2v) is 4.33. The van der Waals surface area contributed by atoms with E-state index in [1.165, 1.54) is 0 Å². The fourth-order valence-corrected chi connectivity index (χ4v) is 1.93. The van der Waals surface area contributed by atoms with Crippen molar-refractivity contribution in [3.63, 3.8) is 0 Å². The lowest BCUT2D eigenvalue weighted by Gasteiger charge is -2.21. The zero-order chi connectivity index (χ0) is 13.0. The molecule has 0 fully saturated rings. The number of anilines is 1. The van der Waals surface area contributed by atoms with E-state index >= 15 is 0 Å². The van der Waals surface area contributed by atoms with E-state index in [2.05, 4.69) is 0 Å². The molecule has 2 aromatic carbocycles. The van der Waals surface area contributed by atoms with Crippen molar-refractivity contribution in [1.82, 2.24) is 0 Å². The van der Waals surface area contributed by atoms with Gasteiger partial charge in [-0.05, 0) is 43.3 Å². The van der Waals surface area contributed by atoms with E-state index in [4.69, 9.17) is 11.6 Å². The minimum absolute atomic E-state index is 0.0135. The summed E-state index contributed by atoms with van der Waals surface area (Å²) in [5.41, 5.74) is 1.55. The molecule has 1 amide bonds. The van der Waals surface area contributed by atoms with Gasteiger partial charge in [-0.25, -0.2) is 0 Å². The summed E-state index contributed by atoms with van der Waals surface area (Å²) in [5.74, 6) is -0.0135. The van der Waals surface area contributed by atoms with Gasteiger partial charge in [-0.3, -0.25) is 4.79 Å². The van der Waals surface area contributed by atoms with Crippen LogP contribution < -0.4 is 4.90 Å². The number of benzene rings is 2. The van der Waals surface area contributed by atoms with Gasteiger partial charge in [0.05, 0.1) is 0 Å². The highest BCUT2D eigenvalue weighted by atomic mass is 35.5. The fraction of sp³-hybridized carbons (Fsp3) is 0.133. The Morgan fingerprint density at radius 1 is 1.06 bits per heavy atom. The summed E-state index contributed by atoms with van der Waals surface area (Å²) >= 11 is 5.82. The van der Waals surface area contributed by atoms with E-state index in [9.17, 15) is 4.79 Å². The molecule has 0 radical (unpaired) electrons. The summed E-state index contributed by atoms with van der Waals surface area (Å²) in [7, 11) is 0. The molecule has 2 rings (SSSR count). The summed E-state index contributed by atoms with van der Waals surface area (Å²) in [5, 5.41) is 0.634. The van der Waals surface area contributed by atoms with Gasteiger partial charge in [0, 0.05) is 22.8 Å². The summed E-state index contributed by atoms with van der Waals surface area (Å²) in [6.45, 7) is 2.59. The monoisotopic (exact) mass is 259 g/mol. The smallest absolute Gasteiger partial charge is 0.258 e. The number of nitrogens with zero attached hydrogens (tertiary/aromatic N) is 1. The number of carbonyl (C=O) groups is 1. The molecule has 0 heterocycles. The average molecular weight is 260 g/mol. The molecule has 0 N–H and O–H groups in total. The maximum atomic E-state index is 12.4. The Morgan fingerprint density at radius 2 is 1.67 bits per heavy atom. The highest BCUT2D eigenvalue weighted by Crippen LogP contribution is 2.17. The third-order valence-electron chi connectivity index (χ3n) is 2.72. The van der Waals surface area contributed by atoms with E-state index in [1.807, 2.05) is 37.3 Å². The predicted molar refractivity (Wildman–Crippen MR) is 75.2 cm³/mol. The van der Waals surface area contributed by atoms with E-state index in [-0.39, 0.29) is 5.91 Å². The van der Waals surface area contributed by atoms with Gasteiger partial charge in [-0.2, -0.15) is 0 Å². The summed E-state index contributed by atoms with van der Waals surface area (Å²) in [4.78, 5) is 14.1. The van der Waals surface area contributed by atoms with Crippen molar-refractivity contribution in [2.45, 2.75) is 6.92 Å². The second-order valence-electron chi connectivity index (χ2n) is 3.89. The lowest BCUT2D eigenvalue weighted by molar-refractivity contribution is 0.0988. The number of hydrogen-bond donors (Lipinski definition) is 0. The Labute approximate surface area is 112 Å². The maximum Gasteiger partial charge on any atom is 0.258 e. The molecule has 0 aliphatic carbocycles. The summed E-state index contributed by atoms with van der Waals surface area (Å²) in [6, 6.07) is 16.6. The number of halogens is 1. The molecule has 0 saturated heterocycles. The van der Waals surface area contributed by atoms with Crippen molar-refractivity contribution in [1.29, 1.82) is 0 Å². The molecule has 0 unspecified atom stereocenters. The molecule has 0 aliphatic rings. The van der Waals surface area contributed by atoms with Gasteiger partial charge >= 0.3 is 0 Å². The number of hydrogen-bond acceptors (Lipinski definition) is 1. The average Bonchev–Trinajstić information content (AvgIpc) is 2.41. The normalized spacial score (nSPS) is 10.1. The third-order valence-corrected chi connectivity index (χ3v) is 2.97. The van der Waals surface area contributed by atoms with E-state index in [0.717, 1.165) is 5.69 Å². The second kappa shape index (κ2) is 5.69. The molecule has 2 nitrogen and oxygen atoms in total. The Balaban J connectivity index is 2.28. The van der Waals surface area contributed by atoms with Gasteiger partial charge in [-0.1, -0.05) is 29.8 Å². The van der Waals surface area contributed by atoms with Crippen LogP contribution >= 0.6 is 11.6 Å². The van der Waals surface area contributed by atoms with Gasteiger partial charge in [0.1, 0.15) is 0 Å². The first kappa shape index (κ1) is 12.7. The highest BCUT2D eigenvalue weighted by molar-refractivity contribution is 6.30. The number of para-hydroxylation sites is 1. The van der Waals surface area contributed by atoms with Crippen LogP contribution in [-0.2, 0) is 0 Å². The van der Waals surface area contributed by atoms with Gasteiger partial charge in [0.15, 0.2) is 0 Å². The van der Waals surface area contributed by atoms with Crippen LogP contribution in [0.1, 0.15) is 17.3 Å². The molecular weight excluding hydrogens is 246 g/mol. The van der Waals surface area contributed by atoms with Crippen molar-refractivity contribution in [3.8, 4) is 0 Å². The molecule has 0 aromatic heterocycles. The zero-order valence-corrected chi connectivity index (χ0v) is 10.9. The Morgan fingerprint density at radius 3 is 2.22 bits per heavy atom. The minimum atomic E-state index is -0.0135. The van der Waals surface area contributed by atoms with Gasteiger partial charge in [0.2, 0.25) is 0 Å². The maximum absolute atomic E-state index is 12.4. The first-order valence-electron chi connectivity index (χ1n) is 5.85. The van der Waals surface area contributed by atoms with Crippen molar-refractivity contribution < 1.29 is 4.79 Å². The molecule has 2 aromatic rings. The molecule has 18 heavy (non-hydrogen) atoms. The fourth-order valence-electron chi connectivity index (χ4n) is 1.80. The predicted octanol–water partition coefficient (Wildman–Crippen LogP) is 4.01. The van der Waals surface area contributed by atoms with Crippen LogP contribution in [-0.4, -0.2) is 12.5 Å². The van der Waals surface area contributed by atoms with Gasteiger partial charge < -0.3 is 4.90 Å². The molecule has 92 valence electrons. The lowest BCUT2D eigenvalue weighted by Crippen LogP contribution is -2.30. The molecule has 0 spiro atoms. The Hall–Kier alpha value is -1.80. The molecule has 0 bridgehead atoms. The van der Waals surface area contributed by atoms with Crippen LogP contribution in [0.25, 0.3) is 0 Å². The molecule has 0 atom stereocenters. The van der Waals surface area contributed by atoms with E-state index in [1.54, 1.807) is 29.2 Å². The summed E-state index contributed by atoms with van der Waals surface area (Å²) < 4.78 is 0. The van der Waals surface area contributed by atoms with Crippen LogP contribution in [0.2, 0.25) is 5.02 Å². The van der Waals surface area contributed by atoms with Crippen molar-refractivity contribution in [2.75, 3.05) is 11.4 Å². The van der Waals surface area contributed by atoms with Gasteiger partial charge in [-0.15, -0.1) is 0 Å². The topological polar surface area (TPSA) is 20.3 Å². The Kier molecular flexibility index (Phi) is 4.00. The minimum Gasteiger partial charge on any atom is -0.309 e. The molecule has 0 aliphatic heterocycles. The van der Waals surface area contributed by atoms with Crippen LogP contribution in [0, 0.1) is 0 Å². The SMILES string of the molecule is CCN(C(=O)c1ccc(Cl)cc1)c1ccccc1. The number of rotatable bonds is 3. The lowest BCUT2D eigenvalue weighted by atomic mass is 10.2.